The third-order valence-electron chi connectivity index (χ3n) is 6.55. The molecule has 10 heteroatoms. The maximum Gasteiger partial charge on any atom is 0.162 e. The van der Waals surface area contributed by atoms with E-state index in [-0.39, 0.29) is 5.92 Å². The Labute approximate surface area is 210 Å². The van der Waals surface area contributed by atoms with Gasteiger partial charge in [0.25, 0.3) is 0 Å². The Morgan fingerprint density at radius 3 is 2.83 bits per heavy atom. The molecular weight excluding hydrogens is 468 g/mol. The van der Waals surface area contributed by atoms with Gasteiger partial charge in [-0.1, -0.05) is 31.4 Å². The maximum absolute atomic E-state index is 11.1. The molecule has 0 bridgehead atoms. The van der Waals surface area contributed by atoms with Crippen molar-refractivity contribution in [2.75, 3.05) is 12.4 Å². The number of ether oxygens (including phenoxy) is 1. The van der Waals surface area contributed by atoms with E-state index in [4.69, 9.17) is 21.4 Å². The summed E-state index contributed by atoms with van der Waals surface area (Å²) in [6, 6.07) is 1.77. The van der Waals surface area contributed by atoms with E-state index in [2.05, 4.69) is 15.4 Å². The molecule has 0 aliphatic heterocycles. The molecule has 1 saturated carbocycles. The summed E-state index contributed by atoms with van der Waals surface area (Å²) in [7, 11) is 1.59. The van der Waals surface area contributed by atoms with E-state index in [1.807, 2.05) is 19.9 Å². The third kappa shape index (κ3) is 5.69. The van der Waals surface area contributed by atoms with Gasteiger partial charge in [0.1, 0.15) is 11.5 Å². The van der Waals surface area contributed by atoms with Gasteiger partial charge in [0, 0.05) is 29.2 Å². The second-order valence-corrected chi connectivity index (χ2v) is 9.36. The van der Waals surface area contributed by atoms with E-state index >= 15 is 0 Å². The van der Waals surface area contributed by atoms with Crippen LogP contribution < -0.4 is 5.32 Å². The highest BCUT2D eigenvalue weighted by atomic mass is 35.5. The summed E-state index contributed by atoms with van der Waals surface area (Å²) in [4.78, 5) is 4.33. The zero-order chi connectivity index (χ0) is 24.9. The molecule has 0 saturated heterocycles. The molecule has 3 aromatic rings. The zero-order valence-corrected chi connectivity index (χ0v) is 21.1. The predicted molar refractivity (Wildman–Crippen MR) is 136 cm³/mol. The van der Waals surface area contributed by atoms with Crippen molar-refractivity contribution in [1.82, 2.24) is 24.4 Å². The number of methoxy groups -OCH3 is 1. The van der Waals surface area contributed by atoms with Crippen LogP contribution >= 0.6 is 11.6 Å². The summed E-state index contributed by atoms with van der Waals surface area (Å²) in [5, 5.41) is 34.7. The zero-order valence-electron chi connectivity index (χ0n) is 20.4. The number of halogens is 1. The standard InChI is InChI=1S/C25H33ClN6O3/c1-4-18(26)12-19(16(2)35-3)23-21(14-31(30-23)15-22(33)17-8-5-6-9-17)29-25(34)20-13-28-32-11-7-10-27-24(20)32/h7,10-14,17,22,25,29,33-34H,4-6,8-9,15H2,1-3H3/b18-12+,19-16-/t22-,25?/m0/s1. The van der Waals surface area contributed by atoms with E-state index < -0.39 is 12.3 Å². The third-order valence-corrected chi connectivity index (χ3v) is 6.93. The van der Waals surface area contributed by atoms with Gasteiger partial charge in [0.15, 0.2) is 11.9 Å². The Morgan fingerprint density at radius 2 is 2.11 bits per heavy atom. The van der Waals surface area contributed by atoms with E-state index in [1.165, 1.54) is 0 Å². The SMILES string of the molecule is CC/C(Cl)=C\C(=C(/C)OC)c1nn(C[C@H](O)C2CCCC2)cc1NC(O)c1cnn2cccnc12. The quantitative estimate of drug-likeness (QED) is 0.214. The number of allylic oxidation sites excluding steroid dienone is 4. The number of rotatable bonds is 10. The monoisotopic (exact) mass is 500 g/mol. The van der Waals surface area contributed by atoms with Gasteiger partial charge in [-0.25, -0.2) is 9.50 Å². The lowest BCUT2D eigenvalue weighted by Gasteiger charge is -2.17. The minimum Gasteiger partial charge on any atom is -0.501 e. The van der Waals surface area contributed by atoms with Crippen molar-refractivity contribution in [2.24, 2.45) is 5.92 Å². The van der Waals surface area contributed by atoms with Crippen molar-refractivity contribution < 1.29 is 14.9 Å². The molecule has 2 atom stereocenters. The minimum absolute atomic E-state index is 0.277. The van der Waals surface area contributed by atoms with Crippen molar-refractivity contribution in [2.45, 2.75) is 64.8 Å². The van der Waals surface area contributed by atoms with Gasteiger partial charge in [-0.3, -0.25) is 4.68 Å². The van der Waals surface area contributed by atoms with Crippen LogP contribution in [0, 0.1) is 5.92 Å². The van der Waals surface area contributed by atoms with Gasteiger partial charge < -0.3 is 20.3 Å². The summed E-state index contributed by atoms with van der Waals surface area (Å²) < 4.78 is 8.86. The van der Waals surface area contributed by atoms with Crippen molar-refractivity contribution in [3.8, 4) is 0 Å². The summed E-state index contributed by atoms with van der Waals surface area (Å²) in [6.45, 7) is 4.17. The first-order chi connectivity index (χ1) is 16.9. The summed E-state index contributed by atoms with van der Waals surface area (Å²) >= 11 is 6.40. The Bertz CT molecular complexity index is 1210. The number of nitrogens with zero attached hydrogens (tertiary/aromatic N) is 5. The van der Waals surface area contributed by atoms with Crippen LogP contribution in [0.25, 0.3) is 11.2 Å². The molecule has 1 fully saturated rings. The van der Waals surface area contributed by atoms with Crippen molar-refractivity contribution in [3.63, 3.8) is 0 Å². The molecule has 0 spiro atoms. The number of anilines is 1. The topological polar surface area (TPSA) is 110 Å². The first-order valence-electron chi connectivity index (χ1n) is 12.0. The van der Waals surface area contributed by atoms with Crippen LogP contribution in [0.15, 0.2) is 47.7 Å². The smallest absolute Gasteiger partial charge is 0.162 e. The molecule has 4 rings (SSSR count). The molecular formula is C25H33ClN6O3. The fourth-order valence-corrected chi connectivity index (χ4v) is 4.58. The van der Waals surface area contributed by atoms with Crippen molar-refractivity contribution in [1.29, 1.82) is 0 Å². The Balaban J connectivity index is 1.71. The highest BCUT2D eigenvalue weighted by molar-refractivity contribution is 6.30. The average molecular weight is 501 g/mol. The predicted octanol–water partition coefficient (Wildman–Crippen LogP) is 4.49. The first kappa shape index (κ1) is 25.2. The van der Waals surface area contributed by atoms with Gasteiger partial charge in [0.2, 0.25) is 0 Å². The molecule has 3 N–H and O–H groups in total. The highest BCUT2D eigenvalue weighted by Crippen LogP contribution is 2.33. The van der Waals surface area contributed by atoms with Crippen LogP contribution in [0.3, 0.4) is 0 Å². The molecule has 35 heavy (non-hydrogen) atoms. The van der Waals surface area contributed by atoms with E-state index in [9.17, 15) is 10.2 Å². The van der Waals surface area contributed by atoms with E-state index in [1.54, 1.807) is 47.2 Å². The van der Waals surface area contributed by atoms with Crippen molar-refractivity contribution >= 4 is 28.5 Å². The molecule has 0 radical (unpaired) electrons. The number of aliphatic hydroxyl groups is 2. The summed E-state index contributed by atoms with van der Waals surface area (Å²) in [5.74, 6) is 0.910. The van der Waals surface area contributed by atoms with Crippen LogP contribution in [0.4, 0.5) is 5.69 Å². The average Bonchev–Trinajstić information content (AvgIpc) is 3.62. The Hall–Kier alpha value is -2.88. The number of hydrogen-bond donors (Lipinski definition) is 3. The minimum atomic E-state index is -1.09. The summed E-state index contributed by atoms with van der Waals surface area (Å²) in [5.41, 5.74) is 2.93. The fraction of sp³-hybridized carbons (Fsp3) is 0.480. The van der Waals surface area contributed by atoms with Gasteiger partial charge >= 0.3 is 0 Å². The molecule has 9 nitrogen and oxygen atoms in total. The second kappa shape index (κ2) is 11.2. The molecule has 188 valence electrons. The molecule has 1 unspecified atom stereocenters. The number of aliphatic hydroxyl groups excluding tert-OH is 2. The molecule has 0 aromatic carbocycles. The number of hydrogen-bond acceptors (Lipinski definition) is 7. The lowest BCUT2D eigenvalue weighted by atomic mass is 10.0. The molecule has 3 aromatic heterocycles. The molecule has 1 aliphatic rings. The van der Waals surface area contributed by atoms with E-state index in [0.717, 1.165) is 25.7 Å². The van der Waals surface area contributed by atoms with E-state index in [0.29, 0.717) is 51.9 Å². The molecule has 0 amide bonds. The first-order valence-corrected chi connectivity index (χ1v) is 12.4. The van der Waals surface area contributed by atoms with Crippen LogP contribution in [-0.4, -0.2) is 47.8 Å². The molecule has 3 heterocycles. The number of fused-ring (bicyclic) bond motifs is 1. The maximum atomic E-state index is 11.1. The lowest BCUT2D eigenvalue weighted by Crippen LogP contribution is -2.24. The normalized spacial score (nSPS) is 17.5. The van der Waals surface area contributed by atoms with Crippen LogP contribution in [0.2, 0.25) is 0 Å². The second-order valence-electron chi connectivity index (χ2n) is 8.88. The Morgan fingerprint density at radius 1 is 1.34 bits per heavy atom. The van der Waals surface area contributed by atoms with Crippen LogP contribution in [-0.2, 0) is 11.3 Å². The largest absolute Gasteiger partial charge is 0.501 e. The van der Waals surface area contributed by atoms with Gasteiger partial charge in [-0.2, -0.15) is 10.2 Å². The summed E-state index contributed by atoms with van der Waals surface area (Å²) in [6.07, 6.45) is 12.1. The fourth-order valence-electron chi connectivity index (χ4n) is 4.47. The van der Waals surface area contributed by atoms with Gasteiger partial charge in [-0.15, -0.1) is 0 Å². The number of aromatic nitrogens is 5. The lowest BCUT2D eigenvalue weighted by molar-refractivity contribution is 0.0894. The van der Waals surface area contributed by atoms with Crippen LogP contribution in [0.5, 0.6) is 0 Å². The van der Waals surface area contributed by atoms with Gasteiger partial charge in [0.05, 0.1) is 37.2 Å². The van der Waals surface area contributed by atoms with Crippen molar-refractivity contribution in [3.05, 3.63) is 59.0 Å². The number of nitrogens with one attached hydrogen (secondary N) is 1. The Kier molecular flexibility index (Phi) is 8.10. The molecule has 1 aliphatic carbocycles. The van der Waals surface area contributed by atoms with Crippen LogP contribution in [0.1, 0.15) is 63.4 Å². The highest BCUT2D eigenvalue weighted by Gasteiger charge is 2.26. The van der Waals surface area contributed by atoms with Gasteiger partial charge in [-0.05, 0) is 44.2 Å².